The van der Waals surface area contributed by atoms with Gasteiger partial charge in [-0.2, -0.15) is 0 Å². The van der Waals surface area contributed by atoms with Gasteiger partial charge in [0, 0.05) is 12.3 Å². The van der Waals surface area contributed by atoms with Gasteiger partial charge in [-0.05, 0) is 68.2 Å². The van der Waals surface area contributed by atoms with Crippen molar-refractivity contribution in [3.05, 3.63) is 58.7 Å². The summed E-state index contributed by atoms with van der Waals surface area (Å²) in [5, 5.41) is 21.2. The van der Waals surface area contributed by atoms with E-state index in [1.54, 1.807) is 18.2 Å². The third-order valence-corrected chi connectivity index (χ3v) is 8.68. The summed E-state index contributed by atoms with van der Waals surface area (Å²) in [6.45, 7) is 6.33. The molecule has 10 heteroatoms. The Morgan fingerprint density at radius 2 is 1.04 bits per heavy atom. The van der Waals surface area contributed by atoms with Crippen LogP contribution in [0.3, 0.4) is 0 Å². The number of unbranched alkanes of at least 4 members (excludes halogenated alkanes) is 9. The van der Waals surface area contributed by atoms with Gasteiger partial charge < -0.3 is 10.2 Å². The van der Waals surface area contributed by atoms with E-state index in [1.165, 1.54) is 6.07 Å². The number of nitrogens with one attached hydrogen (secondary N) is 4. The number of phenols is 2. The summed E-state index contributed by atoms with van der Waals surface area (Å²) in [7, 11) is 0. The standard InChI is InChI=1S/C38H58N4O6/c1-4-7-10-13-20-28-23-17-25-31(34(28)44)37(47)41-39-33(43)27-16-12-15-22-30(19-9-6-3)36(46)40-42-38(48)32-26-18-24-29(35(32)45)21-14-11-8-5-2/h17-18,23-26,30,44-45H,4-16,19-22,27H2,1-3H3,(H,39,43)(H,40,46)(H,41,47)(H,42,48). The maximum atomic E-state index is 13.0. The zero-order chi connectivity index (χ0) is 35.1. The summed E-state index contributed by atoms with van der Waals surface area (Å²) in [6.07, 6.45) is 15.2. The van der Waals surface area contributed by atoms with Crippen LogP contribution in [0.5, 0.6) is 11.5 Å². The van der Waals surface area contributed by atoms with E-state index in [0.29, 0.717) is 38.5 Å². The fourth-order valence-corrected chi connectivity index (χ4v) is 5.69. The molecule has 0 bridgehead atoms. The van der Waals surface area contributed by atoms with Crippen molar-refractivity contribution in [2.45, 2.75) is 136 Å². The summed E-state index contributed by atoms with van der Waals surface area (Å²) in [5.41, 5.74) is 11.5. The molecule has 0 aliphatic heterocycles. The fraction of sp³-hybridized carbons (Fsp3) is 0.579. The van der Waals surface area contributed by atoms with Gasteiger partial charge >= 0.3 is 0 Å². The second kappa shape index (κ2) is 23.3. The topological polar surface area (TPSA) is 157 Å². The lowest BCUT2D eigenvalue weighted by Gasteiger charge is -2.17. The number of aromatic hydroxyl groups is 2. The van der Waals surface area contributed by atoms with Gasteiger partial charge in [-0.3, -0.25) is 40.9 Å². The smallest absolute Gasteiger partial charge is 0.273 e. The van der Waals surface area contributed by atoms with Crippen molar-refractivity contribution in [1.29, 1.82) is 0 Å². The van der Waals surface area contributed by atoms with Gasteiger partial charge in [-0.15, -0.1) is 0 Å². The van der Waals surface area contributed by atoms with Crippen LogP contribution in [0.25, 0.3) is 0 Å². The van der Waals surface area contributed by atoms with E-state index in [4.69, 9.17) is 0 Å². The third kappa shape index (κ3) is 14.4. The number of benzene rings is 2. The fourth-order valence-electron chi connectivity index (χ4n) is 5.69. The molecule has 0 spiro atoms. The van der Waals surface area contributed by atoms with Crippen LogP contribution in [-0.2, 0) is 22.4 Å². The molecule has 4 amide bonds. The molecular formula is C38H58N4O6. The Kier molecular flexibility index (Phi) is 19.4. The van der Waals surface area contributed by atoms with Crippen LogP contribution < -0.4 is 21.7 Å². The molecule has 0 saturated carbocycles. The number of carbonyl (C=O) groups excluding carboxylic acids is 4. The SMILES string of the molecule is CCCCCCc1cccc(C(=O)NNC(=O)CCCCCC(CCCC)C(=O)NNC(=O)c2cccc(CCCCCC)c2O)c1O. The van der Waals surface area contributed by atoms with Gasteiger partial charge in [0.25, 0.3) is 11.8 Å². The van der Waals surface area contributed by atoms with Crippen LogP contribution in [0, 0.1) is 5.92 Å². The predicted octanol–water partition coefficient (Wildman–Crippen LogP) is 7.32. The molecule has 0 saturated heterocycles. The molecule has 1 atom stereocenters. The van der Waals surface area contributed by atoms with Crippen LogP contribution in [0.4, 0.5) is 0 Å². The van der Waals surface area contributed by atoms with Crippen LogP contribution in [0.1, 0.15) is 155 Å². The van der Waals surface area contributed by atoms with E-state index in [9.17, 15) is 29.4 Å². The minimum absolute atomic E-state index is 0.0487. The van der Waals surface area contributed by atoms with Crippen molar-refractivity contribution in [2.24, 2.45) is 5.92 Å². The number of phenolic OH excluding ortho intramolecular Hbond substituents is 2. The zero-order valence-electron chi connectivity index (χ0n) is 29.3. The number of rotatable bonds is 22. The van der Waals surface area contributed by atoms with Gasteiger partial charge in [0.2, 0.25) is 11.8 Å². The molecule has 0 aromatic heterocycles. The van der Waals surface area contributed by atoms with Gasteiger partial charge in [-0.1, -0.05) is 109 Å². The summed E-state index contributed by atoms with van der Waals surface area (Å²) >= 11 is 0. The first kappa shape index (κ1) is 40.1. The maximum absolute atomic E-state index is 13.0. The molecule has 6 N–H and O–H groups in total. The first-order chi connectivity index (χ1) is 23.2. The number of hydrogen-bond donors (Lipinski definition) is 6. The number of aryl methyl sites for hydroxylation is 2. The highest BCUT2D eigenvalue weighted by molar-refractivity contribution is 5.98. The van der Waals surface area contributed by atoms with Gasteiger partial charge in [0.15, 0.2) is 0 Å². The van der Waals surface area contributed by atoms with Crippen molar-refractivity contribution in [1.82, 2.24) is 21.7 Å². The number of hydrazine groups is 2. The first-order valence-electron chi connectivity index (χ1n) is 18.0. The summed E-state index contributed by atoms with van der Waals surface area (Å²) in [6, 6.07) is 10.2. The molecule has 0 aliphatic carbocycles. The monoisotopic (exact) mass is 666 g/mol. The second-order valence-corrected chi connectivity index (χ2v) is 12.6. The quantitative estimate of drug-likeness (QED) is 0.0571. The summed E-state index contributed by atoms with van der Waals surface area (Å²) in [4.78, 5) is 50.8. The average Bonchev–Trinajstić information content (AvgIpc) is 3.08. The molecule has 0 heterocycles. The summed E-state index contributed by atoms with van der Waals surface area (Å²) < 4.78 is 0. The van der Waals surface area contributed by atoms with Crippen molar-refractivity contribution in [3.63, 3.8) is 0 Å². The number of carbonyl (C=O) groups is 4. The molecule has 2 aromatic carbocycles. The normalized spacial score (nSPS) is 11.5. The zero-order valence-corrected chi connectivity index (χ0v) is 29.3. The molecule has 48 heavy (non-hydrogen) atoms. The van der Waals surface area contributed by atoms with E-state index in [1.807, 2.05) is 12.1 Å². The Hall–Kier alpha value is -4.08. The van der Waals surface area contributed by atoms with E-state index in [2.05, 4.69) is 42.5 Å². The van der Waals surface area contributed by atoms with E-state index in [0.717, 1.165) is 81.8 Å². The van der Waals surface area contributed by atoms with Crippen molar-refractivity contribution in [3.8, 4) is 11.5 Å². The van der Waals surface area contributed by atoms with Crippen LogP contribution in [0.15, 0.2) is 36.4 Å². The van der Waals surface area contributed by atoms with Crippen molar-refractivity contribution in [2.75, 3.05) is 0 Å². The van der Waals surface area contributed by atoms with E-state index < -0.39 is 11.8 Å². The molecule has 1 unspecified atom stereocenters. The minimum atomic E-state index is -0.571. The molecule has 2 rings (SSSR count). The highest BCUT2D eigenvalue weighted by Crippen LogP contribution is 2.26. The third-order valence-electron chi connectivity index (χ3n) is 8.68. The average molecular weight is 667 g/mol. The van der Waals surface area contributed by atoms with Crippen LogP contribution in [-0.4, -0.2) is 33.8 Å². The number of amides is 4. The largest absolute Gasteiger partial charge is 0.507 e. The van der Waals surface area contributed by atoms with Gasteiger partial charge in [0.05, 0.1) is 11.1 Å². The van der Waals surface area contributed by atoms with Gasteiger partial charge in [-0.25, -0.2) is 0 Å². The Bertz CT molecular complexity index is 1300. The molecule has 0 aliphatic rings. The van der Waals surface area contributed by atoms with Gasteiger partial charge in [0.1, 0.15) is 11.5 Å². The molecule has 0 radical (unpaired) electrons. The molecule has 2 aromatic rings. The molecule has 0 fully saturated rings. The maximum Gasteiger partial charge on any atom is 0.273 e. The first-order valence-corrected chi connectivity index (χ1v) is 18.0. The Morgan fingerprint density at radius 1 is 0.562 bits per heavy atom. The minimum Gasteiger partial charge on any atom is -0.507 e. The Labute approximate surface area is 286 Å². The highest BCUT2D eigenvalue weighted by atomic mass is 16.3. The molecule has 10 nitrogen and oxygen atoms in total. The van der Waals surface area contributed by atoms with Crippen molar-refractivity contribution >= 4 is 23.6 Å². The number of para-hydroxylation sites is 2. The second-order valence-electron chi connectivity index (χ2n) is 12.6. The lowest BCUT2D eigenvalue weighted by Crippen LogP contribution is -2.44. The van der Waals surface area contributed by atoms with E-state index >= 15 is 0 Å². The lowest BCUT2D eigenvalue weighted by molar-refractivity contribution is -0.126. The molecule has 266 valence electrons. The molecular weight excluding hydrogens is 608 g/mol. The van der Waals surface area contributed by atoms with Crippen LogP contribution >= 0.6 is 0 Å². The van der Waals surface area contributed by atoms with E-state index in [-0.39, 0.29) is 46.8 Å². The van der Waals surface area contributed by atoms with Crippen LogP contribution in [0.2, 0.25) is 0 Å². The Morgan fingerprint density at radius 3 is 1.56 bits per heavy atom. The summed E-state index contributed by atoms with van der Waals surface area (Å²) in [5.74, 6) is -2.15. The lowest BCUT2D eigenvalue weighted by atomic mass is 9.94. The Balaban J connectivity index is 1.76. The highest BCUT2D eigenvalue weighted by Gasteiger charge is 2.20. The number of hydrogen-bond acceptors (Lipinski definition) is 6. The predicted molar refractivity (Wildman–Crippen MR) is 189 cm³/mol. The van der Waals surface area contributed by atoms with Crippen molar-refractivity contribution < 1.29 is 29.4 Å².